The summed E-state index contributed by atoms with van der Waals surface area (Å²) in [5, 5.41) is 9.02. The Morgan fingerprint density at radius 3 is 2.34 bits per heavy atom. The molecule has 0 bridgehead atoms. The minimum Gasteiger partial charge on any atom is -0.481 e. The van der Waals surface area contributed by atoms with E-state index in [0.717, 1.165) is 28.2 Å². The van der Waals surface area contributed by atoms with Crippen molar-refractivity contribution >= 4 is 5.97 Å². The fraction of sp³-hybridized carbons (Fsp3) is 0.143. The van der Waals surface area contributed by atoms with Crippen molar-refractivity contribution in [2.45, 2.75) is 25.8 Å². The number of aromatic nitrogens is 4. The van der Waals surface area contributed by atoms with E-state index >= 15 is 0 Å². The van der Waals surface area contributed by atoms with Crippen LogP contribution in [0.25, 0.3) is 34.0 Å². The van der Waals surface area contributed by atoms with Crippen molar-refractivity contribution in [3.8, 4) is 34.0 Å². The summed E-state index contributed by atoms with van der Waals surface area (Å²) < 4.78 is 15.8. The number of imidazole rings is 1. The third kappa shape index (κ3) is 5.76. The lowest BCUT2D eigenvalue weighted by molar-refractivity contribution is -0.136. The van der Waals surface area contributed by atoms with Gasteiger partial charge in [0.2, 0.25) is 0 Å². The summed E-state index contributed by atoms with van der Waals surface area (Å²) in [7, 11) is 0. The molecule has 0 unspecified atom stereocenters. The highest BCUT2D eigenvalue weighted by atomic mass is 19.1. The van der Waals surface area contributed by atoms with Crippen molar-refractivity contribution in [1.82, 2.24) is 19.5 Å². The van der Waals surface area contributed by atoms with Gasteiger partial charge in [-0.1, -0.05) is 54.6 Å². The average molecular weight is 469 g/mol. The molecule has 0 aliphatic heterocycles. The molecule has 0 saturated heterocycles. The smallest absolute Gasteiger partial charge is 0.307 e. The van der Waals surface area contributed by atoms with Gasteiger partial charge in [0.15, 0.2) is 0 Å². The molecule has 6 nitrogen and oxygen atoms in total. The number of nitrogens with zero attached hydrogens (tertiary/aromatic N) is 4. The first-order valence-electron chi connectivity index (χ1n) is 11.2. The van der Waals surface area contributed by atoms with E-state index in [1.165, 1.54) is 18.5 Å². The SMILES string of the molecule is C=C(CCn1c(-c2ccccc2)nc(-c2ccncn2)c1-c1ccc(F)cc1)CC(=C)CC(=O)O. The van der Waals surface area contributed by atoms with Gasteiger partial charge in [0.1, 0.15) is 23.7 Å². The molecular formula is C28H25FN4O2. The number of allylic oxidation sites excluding steroid dienone is 1. The van der Waals surface area contributed by atoms with Crippen LogP contribution in [0.2, 0.25) is 0 Å². The van der Waals surface area contributed by atoms with Gasteiger partial charge in [-0.25, -0.2) is 19.3 Å². The molecule has 0 atom stereocenters. The lowest BCUT2D eigenvalue weighted by Crippen LogP contribution is -2.05. The van der Waals surface area contributed by atoms with Crippen molar-refractivity contribution in [2.24, 2.45) is 0 Å². The Hall–Kier alpha value is -4.39. The first-order chi connectivity index (χ1) is 16.9. The number of halogens is 1. The average Bonchev–Trinajstić information content (AvgIpc) is 3.23. The van der Waals surface area contributed by atoms with E-state index in [4.69, 9.17) is 10.1 Å². The van der Waals surface area contributed by atoms with Crippen molar-refractivity contribution in [2.75, 3.05) is 0 Å². The fourth-order valence-electron chi connectivity index (χ4n) is 3.98. The molecule has 0 radical (unpaired) electrons. The van der Waals surface area contributed by atoms with Gasteiger partial charge in [-0.15, -0.1) is 0 Å². The van der Waals surface area contributed by atoms with Crippen LogP contribution in [-0.2, 0) is 11.3 Å². The molecule has 0 fully saturated rings. The molecule has 0 amide bonds. The van der Waals surface area contributed by atoms with Crippen molar-refractivity contribution < 1.29 is 14.3 Å². The number of rotatable bonds is 10. The van der Waals surface area contributed by atoms with Crippen LogP contribution in [0.15, 0.2) is 97.5 Å². The van der Waals surface area contributed by atoms with E-state index in [1.54, 1.807) is 24.4 Å². The second-order valence-electron chi connectivity index (χ2n) is 8.25. The first kappa shape index (κ1) is 23.8. The van der Waals surface area contributed by atoms with Crippen LogP contribution in [0.4, 0.5) is 4.39 Å². The van der Waals surface area contributed by atoms with Gasteiger partial charge >= 0.3 is 5.97 Å². The van der Waals surface area contributed by atoms with Crippen LogP contribution in [0.1, 0.15) is 19.3 Å². The summed E-state index contributed by atoms with van der Waals surface area (Å²) >= 11 is 0. The monoisotopic (exact) mass is 468 g/mol. The number of aliphatic carboxylic acids is 1. The molecule has 0 aliphatic rings. The van der Waals surface area contributed by atoms with Gasteiger partial charge in [0.05, 0.1) is 17.8 Å². The molecule has 35 heavy (non-hydrogen) atoms. The molecule has 0 spiro atoms. The second kappa shape index (κ2) is 10.7. The Labute approximate surface area is 203 Å². The van der Waals surface area contributed by atoms with Crippen LogP contribution >= 0.6 is 0 Å². The summed E-state index contributed by atoms with van der Waals surface area (Å²) in [6, 6.07) is 17.9. The summed E-state index contributed by atoms with van der Waals surface area (Å²) in [6.07, 6.45) is 4.07. The van der Waals surface area contributed by atoms with Crippen LogP contribution in [-0.4, -0.2) is 30.6 Å². The van der Waals surface area contributed by atoms with E-state index in [0.29, 0.717) is 36.3 Å². The molecule has 7 heteroatoms. The Bertz CT molecular complexity index is 1350. The molecule has 176 valence electrons. The number of carbonyl (C=O) groups is 1. The van der Waals surface area contributed by atoms with Crippen LogP contribution in [0, 0.1) is 5.82 Å². The zero-order valence-electron chi connectivity index (χ0n) is 19.2. The normalized spacial score (nSPS) is 10.8. The van der Waals surface area contributed by atoms with E-state index in [2.05, 4.69) is 27.7 Å². The zero-order chi connectivity index (χ0) is 24.8. The van der Waals surface area contributed by atoms with Crippen molar-refractivity contribution in [3.63, 3.8) is 0 Å². The third-order valence-corrected chi connectivity index (χ3v) is 5.53. The number of hydrogen-bond donors (Lipinski definition) is 1. The Kier molecular flexibility index (Phi) is 7.26. The minimum absolute atomic E-state index is 0.0853. The summed E-state index contributed by atoms with van der Waals surface area (Å²) in [4.78, 5) is 24.4. The van der Waals surface area contributed by atoms with Gasteiger partial charge in [0, 0.05) is 23.9 Å². The molecule has 1 N–H and O–H groups in total. The highest BCUT2D eigenvalue weighted by molar-refractivity contribution is 5.80. The van der Waals surface area contributed by atoms with Crippen molar-refractivity contribution in [1.29, 1.82) is 0 Å². The van der Waals surface area contributed by atoms with Gasteiger partial charge in [-0.3, -0.25) is 4.79 Å². The Morgan fingerprint density at radius 1 is 0.943 bits per heavy atom. The summed E-state index contributed by atoms with van der Waals surface area (Å²) in [5.74, 6) is -0.482. The van der Waals surface area contributed by atoms with Crippen molar-refractivity contribution in [3.05, 3.63) is 103 Å². The number of benzene rings is 2. The van der Waals surface area contributed by atoms with E-state index in [1.807, 2.05) is 30.3 Å². The standard InChI is InChI=1S/C28H25FN4O2/c1-19(16-20(2)17-25(34)35)13-15-33-27(21-8-10-23(29)11-9-21)26(24-12-14-30-18-31-24)32-28(33)22-6-4-3-5-7-22/h3-12,14,18H,1-2,13,15-17H2,(H,34,35). The third-order valence-electron chi connectivity index (χ3n) is 5.53. The minimum atomic E-state index is -0.906. The first-order valence-corrected chi connectivity index (χ1v) is 11.2. The highest BCUT2D eigenvalue weighted by Crippen LogP contribution is 2.36. The van der Waals surface area contributed by atoms with Gasteiger partial charge in [-0.05, 0) is 43.2 Å². The predicted molar refractivity (Wildman–Crippen MR) is 134 cm³/mol. The topological polar surface area (TPSA) is 80.9 Å². The predicted octanol–water partition coefficient (Wildman–Crippen LogP) is 6.18. The number of carboxylic acid groups (broad SMARTS) is 1. The number of hydrogen-bond acceptors (Lipinski definition) is 4. The van der Waals surface area contributed by atoms with E-state index < -0.39 is 5.97 Å². The van der Waals surface area contributed by atoms with Crippen LogP contribution < -0.4 is 0 Å². The second-order valence-corrected chi connectivity index (χ2v) is 8.25. The zero-order valence-corrected chi connectivity index (χ0v) is 19.2. The molecule has 2 aromatic carbocycles. The summed E-state index contributed by atoms with van der Waals surface area (Å²) in [5.41, 5.74) is 5.34. The molecule has 4 aromatic rings. The maximum Gasteiger partial charge on any atom is 0.307 e. The fourth-order valence-corrected chi connectivity index (χ4v) is 3.98. The van der Waals surface area contributed by atoms with Gasteiger partial charge in [0.25, 0.3) is 0 Å². The molecule has 0 aliphatic carbocycles. The van der Waals surface area contributed by atoms with Crippen LogP contribution in [0.3, 0.4) is 0 Å². The maximum absolute atomic E-state index is 13.8. The summed E-state index contributed by atoms with van der Waals surface area (Å²) in [6.45, 7) is 8.54. The highest BCUT2D eigenvalue weighted by Gasteiger charge is 2.22. The quantitative estimate of drug-likeness (QED) is 0.281. The Balaban J connectivity index is 1.80. The lowest BCUT2D eigenvalue weighted by atomic mass is 10.0. The molecule has 4 rings (SSSR count). The lowest BCUT2D eigenvalue weighted by Gasteiger charge is -2.15. The maximum atomic E-state index is 13.8. The largest absolute Gasteiger partial charge is 0.481 e. The van der Waals surface area contributed by atoms with Crippen LogP contribution in [0.5, 0.6) is 0 Å². The van der Waals surface area contributed by atoms with E-state index in [9.17, 15) is 9.18 Å². The molecule has 0 saturated carbocycles. The molecule has 2 heterocycles. The molecule has 2 aromatic heterocycles. The Morgan fingerprint density at radius 2 is 1.69 bits per heavy atom. The van der Waals surface area contributed by atoms with E-state index in [-0.39, 0.29) is 12.2 Å². The van der Waals surface area contributed by atoms with Gasteiger partial charge in [-0.2, -0.15) is 0 Å². The van der Waals surface area contributed by atoms with Gasteiger partial charge < -0.3 is 9.67 Å². The molecular weight excluding hydrogens is 443 g/mol. The number of carboxylic acids is 1.